The zero-order valence-corrected chi connectivity index (χ0v) is 13.9. The summed E-state index contributed by atoms with van der Waals surface area (Å²) in [5.74, 6) is -0.0975. The molecule has 3 rings (SSSR count). The lowest BCUT2D eigenvalue weighted by molar-refractivity contribution is 0.0709. The van der Waals surface area contributed by atoms with E-state index >= 15 is 0 Å². The maximum absolute atomic E-state index is 13.0. The first-order valence-electron chi connectivity index (χ1n) is 7.98. The number of hydrogen-bond donors (Lipinski definition) is 2. The van der Waals surface area contributed by atoms with Gasteiger partial charge in [-0.2, -0.15) is 0 Å². The number of nitrogens with zero attached hydrogens (tertiary/aromatic N) is 2. The number of aliphatic hydroxyl groups excluding tert-OH is 1. The van der Waals surface area contributed by atoms with Gasteiger partial charge in [0.05, 0.1) is 17.7 Å². The second-order valence-corrected chi connectivity index (χ2v) is 5.91. The second kappa shape index (κ2) is 6.84. The van der Waals surface area contributed by atoms with Crippen molar-refractivity contribution < 1.29 is 9.90 Å². The van der Waals surface area contributed by atoms with E-state index in [2.05, 4.69) is 9.97 Å². The van der Waals surface area contributed by atoms with Crippen LogP contribution in [0.25, 0.3) is 10.9 Å². The van der Waals surface area contributed by atoms with Crippen molar-refractivity contribution in [3.63, 3.8) is 0 Å². The van der Waals surface area contributed by atoms with Gasteiger partial charge < -0.3 is 15.0 Å². The minimum absolute atomic E-state index is 0.0786. The third kappa shape index (κ3) is 3.03. The van der Waals surface area contributed by atoms with Crippen molar-refractivity contribution >= 4 is 16.8 Å². The Morgan fingerprint density at radius 1 is 1.25 bits per heavy atom. The standard InChI is InChI=1S/C19H21N3O2/c1-13-14(2)21-18-16(13)6-3-7-17(18)19(24)22(9-10-23)12-15-5-4-8-20-11-15/h3-8,11,21,23H,9-10,12H2,1-2H3. The van der Waals surface area contributed by atoms with E-state index < -0.39 is 0 Å². The minimum Gasteiger partial charge on any atom is -0.395 e. The summed E-state index contributed by atoms with van der Waals surface area (Å²) in [4.78, 5) is 22.1. The number of nitrogens with one attached hydrogen (secondary N) is 1. The molecule has 1 aromatic carbocycles. The molecule has 0 atom stereocenters. The highest BCUT2D eigenvalue weighted by molar-refractivity contribution is 6.06. The van der Waals surface area contributed by atoms with Gasteiger partial charge in [0.2, 0.25) is 0 Å². The van der Waals surface area contributed by atoms with Crippen LogP contribution in [-0.4, -0.2) is 39.0 Å². The highest BCUT2D eigenvalue weighted by Gasteiger charge is 2.20. The summed E-state index contributed by atoms with van der Waals surface area (Å²) in [5, 5.41) is 10.4. The number of aromatic nitrogens is 2. The number of H-pyrrole nitrogens is 1. The molecular formula is C19H21N3O2. The van der Waals surface area contributed by atoms with Crippen molar-refractivity contribution in [1.29, 1.82) is 0 Å². The molecule has 2 aromatic heterocycles. The number of hydrogen-bond acceptors (Lipinski definition) is 3. The summed E-state index contributed by atoms with van der Waals surface area (Å²) >= 11 is 0. The molecule has 0 saturated carbocycles. The van der Waals surface area contributed by atoms with Gasteiger partial charge in [-0.25, -0.2) is 0 Å². The van der Waals surface area contributed by atoms with Crippen molar-refractivity contribution in [3.05, 3.63) is 65.1 Å². The Morgan fingerprint density at radius 2 is 2.08 bits per heavy atom. The van der Waals surface area contributed by atoms with Gasteiger partial charge >= 0.3 is 0 Å². The monoisotopic (exact) mass is 323 g/mol. The van der Waals surface area contributed by atoms with Gasteiger partial charge in [-0.3, -0.25) is 9.78 Å². The summed E-state index contributed by atoms with van der Waals surface area (Å²) in [7, 11) is 0. The lowest BCUT2D eigenvalue weighted by Crippen LogP contribution is -2.33. The van der Waals surface area contributed by atoms with Gasteiger partial charge in [0, 0.05) is 36.6 Å². The fraction of sp³-hybridized carbons (Fsp3) is 0.263. The van der Waals surface area contributed by atoms with Crippen molar-refractivity contribution in [3.8, 4) is 0 Å². The fourth-order valence-corrected chi connectivity index (χ4v) is 2.92. The van der Waals surface area contributed by atoms with Crippen molar-refractivity contribution in [1.82, 2.24) is 14.9 Å². The lowest BCUT2D eigenvalue weighted by atomic mass is 10.1. The van der Waals surface area contributed by atoms with Crippen LogP contribution in [0.15, 0.2) is 42.7 Å². The van der Waals surface area contributed by atoms with E-state index in [0.717, 1.165) is 27.7 Å². The number of pyridine rings is 1. The number of aryl methyl sites for hydroxylation is 2. The Kier molecular flexibility index (Phi) is 4.62. The molecule has 2 N–H and O–H groups in total. The maximum Gasteiger partial charge on any atom is 0.256 e. The molecule has 0 radical (unpaired) electrons. The Labute approximate surface area is 141 Å². The molecule has 0 spiro atoms. The molecule has 5 heteroatoms. The van der Waals surface area contributed by atoms with Crippen LogP contribution in [0, 0.1) is 13.8 Å². The molecule has 0 bridgehead atoms. The van der Waals surface area contributed by atoms with Crippen LogP contribution < -0.4 is 0 Å². The van der Waals surface area contributed by atoms with E-state index in [9.17, 15) is 9.90 Å². The fourth-order valence-electron chi connectivity index (χ4n) is 2.92. The first-order valence-corrected chi connectivity index (χ1v) is 7.98. The van der Waals surface area contributed by atoms with Crippen molar-refractivity contribution in [2.75, 3.05) is 13.2 Å². The number of para-hydroxylation sites is 1. The van der Waals surface area contributed by atoms with E-state index in [-0.39, 0.29) is 19.1 Å². The molecule has 2 heterocycles. The average Bonchev–Trinajstić information content (AvgIpc) is 2.89. The van der Waals surface area contributed by atoms with Gasteiger partial charge in [-0.1, -0.05) is 18.2 Å². The van der Waals surface area contributed by atoms with Gasteiger partial charge in [-0.15, -0.1) is 0 Å². The third-order valence-electron chi connectivity index (χ3n) is 4.33. The Balaban J connectivity index is 1.97. The average molecular weight is 323 g/mol. The van der Waals surface area contributed by atoms with E-state index in [0.29, 0.717) is 12.1 Å². The molecule has 0 aliphatic carbocycles. The van der Waals surface area contributed by atoms with E-state index in [1.807, 2.05) is 44.2 Å². The second-order valence-electron chi connectivity index (χ2n) is 5.91. The third-order valence-corrected chi connectivity index (χ3v) is 4.33. The molecule has 24 heavy (non-hydrogen) atoms. The first-order chi connectivity index (χ1) is 11.6. The van der Waals surface area contributed by atoms with Crippen LogP contribution in [0.1, 0.15) is 27.2 Å². The van der Waals surface area contributed by atoms with Crippen LogP contribution in [-0.2, 0) is 6.54 Å². The molecule has 3 aromatic rings. The topological polar surface area (TPSA) is 69.2 Å². The van der Waals surface area contributed by atoms with Crippen LogP contribution in [0.3, 0.4) is 0 Å². The molecule has 1 amide bonds. The molecule has 0 fully saturated rings. The lowest BCUT2D eigenvalue weighted by Gasteiger charge is -2.22. The van der Waals surface area contributed by atoms with Crippen molar-refractivity contribution in [2.45, 2.75) is 20.4 Å². The van der Waals surface area contributed by atoms with Crippen LogP contribution >= 0.6 is 0 Å². The zero-order valence-electron chi connectivity index (χ0n) is 13.9. The predicted molar refractivity (Wildman–Crippen MR) is 93.8 cm³/mol. The minimum atomic E-state index is -0.0975. The highest BCUT2D eigenvalue weighted by atomic mass is 16.3. The van der Waals surface area contributed by atoms with E-state index in [4.69, 9.17) is 0 Å². The summed E-state index contributed by atoms with van der Waals surface area (Å²) in [6, 6.07) is 9.51. The molecule has 0 saturated heterocycles. The number of aliphatic hydroxyl groups is 1. The molecule has 5 nitrogen and oxygen atoms in total. The van der Waals surface area contributed by atoms with Crippen molar-refractivity contribution in [2.24, 2.45) is 0 Å². The Morgan fingerprint density at radius 3 is 2.79 bits per heavy atom. The Hall–Kier alpha value is -2.66. The van der Waals surface area contributed by atoms with Crippen LogP contribution in [0.4, 0.5) is 0 Å². The number of carbonyl (C=O) groups excluding carboxylic acids is 1. The number of fused-ring (bicyclic) bond motifs is 1. The maximum atomic E-state index is 13.0. The summed E-state index contributed by atoms with van der Waals surface area (Å²) in [6.07, 6.45) is 3.44. The van der Waals surface area contributed by atoms with E-state index in [1.54, 1.807) is 17.3 Å². The van der Waals surface area contributed by atoms with E-state index in [1.165, 1.54) is 0 Å². The number of aromatic amines is 1. The summed E-state index contributed by atoms with van der Waals surface area (Å²) < 4.78 is 0. The summed E-state index contributed by atoms with van der Waals surface area (Å²) in [6.45, 7) is 4.67. The van der Waals surface area contributed by atoms with Crippen LogP contribution in [0.5, 0.6) is 0 Å². The number of amides is 1. The van der Waals surface area contributed by atoms with Gasteiger partial charge in [-0.05, 0) is 37.1 Å². The molecule has 0 aliphatic heterocycles. The summed E-state index contributed by atoms with van der Waals surface area (Å²) in [5.41, 5.74) is 4.63. The van der Waals surface area contributed by atoms with Gasteiger partial charge in [0.15, 0.2) is 0 Å². The number of carbonyl (C=O) groups is 1. The normalized spacial score (nSPS) is 11.0. The molecule has 0 unspecified atom stereocenters. The number of benzene rings is 1. The first kappa shape index (κ1) is 16.2. The molecule has 124 valence electrons. The van der Waals surface area contributed by atoms with Gasteiger partial charge in [0.1, 0.15) is 0 Å². The quantitative estimate of drug-likeness (QED) is 0.758. The molecule has 0 aliphatic rings. The highest BCUT2D eigenvalue weighted by Crippen LogP contribution is 2.25. The number of rotatable bonds is 5. The molecular weight excluding hydrogens is 302 g/mol. The van der Waals surface area contributed by atoms with Crippen LogP contribution in [0.2, 0.25) is 0 Å². The Bertz CT molecular complexity index is 856. The predicted octanol–water partition coefficient (Wildman–Crippen LogP) is 2.81. The SMILES string of the molecule is Cc1[nH]c2c(C(=O)N(CCO)Cc3cccnc3)cccc2c1C. The largest absolute Gasteiger partial charge is 0.395 e. The smallest absolute Gasteiger partial charge is 0.256 e. The van der Waals surface area contributed by atoms with Gasteiger partial charge in [0.25, 0.3) is 5.91 Å². The zero-order chi connectivity index (χ0) is 17.1.